The van der Waals surface area contributed by atoms with Crippen molar-refractivity contribution in [3.05, 3.63) is 22.4 Å². The first-order valence-electron chi connectivity index (χ1n) is 4.02. The summed E-state index contributed by atoms with van der Waals surface area (Å²) < 4.78 is 0. The van der Waals surface area contributed by atoms with Gasteiger partial charge in [-0.1, -0.05) is 6.07 Å². The molecule has 0 N–H and O–H groups in total. The van der Waals surface area contributed by atoms with E-state index in [1.165, 1.54) is 4.88 Å². The smallest absolute Gasteiger partial charge is 0.237 e. The molecule has 0 aliphatic rings. The normalized spacial score (nSPS) is 12.5. The number of alkyl halides is 1. The van der Waals surface area contributed by atoms with Gasteiger partial charge in [0.2, 0.25) is 5.91 Å². The number of hydrogen-bond donors (Lipinski definition) is 0. The molecule has 1 rings (SSSR count). The quantitative estimate of drug-likeness (QED) is 0.713. The lowest BCUT2D eigenvalue weighted by Gasteiger charge is -2.22. The topological polar surface area (TPSA) is 20.3 Å². The molecule has 1 aromatic rings. The van der Waals surface area contributed by atoms with Crippen LogP contribution in [0.25, 0.3) is 0 Å². The lowest BCUT2D eigenvalue weighted by molar-refractivity contribution is -0.129. The second-order valence-electron chi connectivity index (χ2n) is 2.83. The van der Waals surface area contributed by atoms with Crippen molar-refractivity contribution < 1.29 is 4.79 Å². The maximum atomic E-state index is 11.2. The van der Waals surface area contributed by atoms with Gasteiger partial charge >= 0.3 is 0 Å². The fraction of sp³-hybridized carbons (Fsp3) is 0.444. The Hall–Kier alpha value is -0.540. The van der Waals surface area contributed by atoms with E-state index in [0.717, 1.165) is 0 Å². The fourth-order valence-electron chi connectivity index (χ4n) is 1.03. The third-order valence-electron chi connectivity index (χ3n) is 2.04. The monoisotopic (exact) mass is 217 g/mol. The van der Waals surface area contributed by atoms with E-state index < -0.39 is 0 Å². The first-order chi connectivity index (χ1) is 6.16. The van der Waals surface area contributed by atoms with Crippen LogP contribution in [-0.2, 0) is 4.79 Å². The molecule has 0 unspecified atom stereocenters. The number of carbonyl (C=O) groups is 1. The summed E-state index contributed by atoms with van der Waals surface area (Å²) in [6, 6.07) is 4.12. The highest BCUT2D eigenvalue weighted by atomic mass is 35.5. The second kappa shape index (κ2) is 4.63. The number of amides is 1. The molecule has 4 heteroatoms. The Morgan fingerprint density at radius 2 is 2.46 bits per heavy atom. The minimum atomic E-state index is -0.0393. The Morgan fingerprint density at radius 1 is 1.77 bits per heavy atom. The molecule has 0 aliphatic carbocycles. The van der Waals surface area contributed by atoms with Gasteiger partial charge in [-0.15, -0.1) is 22.9 Å². The van der Waals surface area contributed by atoms with Gasteiger partial charge in [0.15, 0.2) is 0 Å². The average Bonchev–Trinajstić information content (AvgIpc) is 2.67. The zero-order valence-corrected chi connectivity index (χ0v) is 9.23. The molecule has 1 atom stereocenters. The van der Waals surface area contributed by atoms with Crippen LogP contribution in [0.3, 0.4) is 0 Å². The number of carbonyl (C=O) groups excluding carboxylic acids is 1. The summed E-state index contributed by atoms with van der Waals surface area (Å²) in [5.41, 5.74) is 0. The van der Waals surface area contributed by atoms with Crippen molar-refractivity contribution in [2.75, 3.05) is 12.9 Å². The maximum Gasteiger partial charge on any atom is 0.237 e. The van der Waals surface area contributed by atoms with Crippen LogP contribution < -0.4 is 0 Å². The molecule has 0 aromatic carbocycles. The highest BCUT2D eigenvalue weighted by Crippen LogP contribution is 2.23. The Kier molecular flexibility index (Phi) is 3.75. The minimum absolute atomic E-state index is 0.0393. The van der Waals surface area contributed by atoms with E-state index in [0.29, 0.717) is 0 Å². The maximum absolute atomic E-state index is 11.2. The fourth-order valence-corrected chi connectivity index (χ4v) is 2.05. The summed E-state index contributed by atoms with van der Waals surface area (Å²) >= 11 is 7.11. The van der Waals surface area contributed by atoms with E-state index in [2.05, 4.69) is 0 Å². The van der Waals surface area contributed by atoms with Crippen molar-refractivity contribution in [2.45, 2.75) is 13.0 Å². The van der Waals surface area contributed by atoms with Gasteiger partial charge in [-0.25, -0.2) is 0 Å². The molecular formula is C9H12ClNOS. The van der Waals surface area contributed by atoms with Gasteiger partial charge in [0, 0.05) is 11.9 Å². The largest absolute Gasteiger partial charge is 0.337 e. The number of nitrogens with zero attached hydrogens (tertiary/aromatic N) is 1. The van der Waals surface area contributed by atoms with Gasteiger partial charge in [-0.2, -0.15) is 0 Å². The van der Waals surface area contributed by atoms with Gasteiger partial charge in [0.05, 0.1) is 6.04 Å². The predicted molar refractivity (Wildman–Crippen MR) is 56.2 cm³/mol. The summed E-state index contributed by atoms with van der Waals surface area (Å²) in [6.45, 7) is 2.00. The third-order valence-corrected chi connectivity index (χ3v) is 3.31. The molecule has 72 valence electrons. The first kappa shape index (κ1) is 10.5. The number of rotatable bonds is 3. The van der Waals surface area contributed by atoms with Crippen molar-refractivity contribution in [1.82, 2.24) is 4.90 Å². The SMILES string of the molecule is C[C@H](c1cccs1)N(C)C(=O)CCl. The van der Waals surface area contributed by atoms with Crippen molar-refractivity contribution in [3.8, 4) is 0 Å². The van der Waals surface area contributed by atoms with Crippen LogP contribution in [0, 0.1) is 0 Å². The number of hydrogen-bond acceptors (Lipinski definition) is 2. The van der Waals surface area contributed by atoms with Crippen molar-refractivity contribution >= 4 is 28.8 Å². The van der Waals surface area contributed by atoms with Crippen LogP contribution in [0.2, 0.25) is 0 Å². The molecule has 0 saturated heterocycles. The Balaban J connectivity index is 2.68. The van der Waals surface area contributed by atoms with Crippen LogP contribution in [0.5, 0.6) is 0 Å². The van der Waals surface area contributed by atoms with Crippen molar-refractivity contribution in [1.29, 1.82) is 0 Å². The van der Waals surface area contributed by atoms with Gasteiger partial charge in [-0.3, -0.25) is 4.79 Å². The first-order valence-corrected chi connectivity index (χ1v) is 5.43. The lowest BCUT2D eigenvalue weighted by Crippen LogP contribution is -2.30. The Bertz CT molecular complexity index is 273. The van der Waals surface area contributed by atoms with Gasteiger partial charge < -0.3 is 4.90 Å². The molecule has 0 aliphatic heterocycles. The Morgan fingerprint density at radius 3 is 2.92 bits per heavy atom. The summed E-state index contributed by atoms with van der Waals surface area (Å²) in [4.78, 5) is 14.1. The highest BCUT2D eigenvalue weighted by molar-refractivity contribution is 7.10. The second-order valence-corrected chi connectivity index (χ2v) is 4.08. The molecule has 0 saturated carbocycles. The molecule has 0 fully saturated rings. The number of thiophene rings is 1. The lowest BCUT2D eigenvalue weighted by atomic mass is 10.2. The molecule has 13 heavy (non-hydrogen) atoms. The minimum Gasteiger partial charge on any atom is -0.337 e. The van der Waals surface area contributed by atoms with Crippen LogP contribution in [0.4, 0.5) is 0 Å². The van der Waals surface area contributed by atoms with E-state index >= 15 is 0 Å². The molecular weight excluding hydrogens is 206 g/mol. The predicted octanol–water partition coefficient (Wildman–Crippen LogP) is 2.51. The zero-order chi connectivity index (χ0) is 9.84. The van der Waals surface area contributed by atoms with Gasteiger partial charge in [0.25, 0.3) is 0 Å². The summed E-state index contributed by atoms with van der Waals surface area (Å²) in [5.74, 6) is 0.00854. The van der Waals surface area contributed by atoms with E-state index in [1.54, 1.807) is 23.3 Å². The van der Waals surface area contributed by atoms with E-state index in [-0.39, 0.29) is 17.8 Å². The van der Waals surface area contributed by atoms with Crippen LogP contribution >= 0.6 is 22.9 Å². The third kappa shape index (κ3) is 2.45. The molecule has 0 bridgehead atoms. The van der Waals surface area contributed by atoms with Crippen molar-refractivity contribution in [2.24, 2.45) is 0 Å². The summed E-state index contributed by atoms with van der Waals surface area (Å²) in [6.07, 6.45) is 0. The molecule has 1 aromatic heterocycles. The molecule has 1 amide bonds. The van der Waals surface area contributed by atoms with Crippen LogP contribution in [0.15, 0.2) is 17.5 Å². The molecule has 0 spiro atoms. The summed E-state index contributed by atoms with van der Waals surface area (Å²) in [7, 11) is 1.77. The van der Waals surface area contributed by atoms with E-state index in [4.69, 9.17) is 11.6 Å². The van der Waals surface area contributed by atoms with Crippen molar-refractivity contribution in [3.63, 3.8) is 0 Å². The Labute approximate surface area is 87.1 Å². The van der Waals surface area contributed by atoms with E-state index in [1.807, 2.05) is 24.4 Å². The standard InChI is InChI=1S/C9H12ClNOS/c1-7(8-4-3-5-13-8)11(2)9(12)6-10/h3-5,7H,6H2,1-2H3/t7-/m1/s1. The van der Waals surface area contributed by atoms with Gasteiger partial charge in [0.1, 0.15) is 5.88 Å². The van der Waals surface area contributed by atoms with Gasteiger partial charge in [-0.05, 0) is 18.4 Å². The molecule has 1 heterocycles. The van der Waals surface area contributed by atoms with E-state index in [9.17, 15) is 4.79 Å². The molecule has 0 radical (unpaired) electrons. The average molecular weight is 218 g/mol. The molecule has 2 nitrogen and oxygen atoms in total. The number of halogens is 1. The summed E-state index contributed by atoms with van der Waals surface area (Å²) in [5, 5.41) is 2.00. The van der Waals surface area contributed by atoms with Crippen LogP contribution in [-0.4, -0.2) is 23.7 Å². The highest BCUT2D eigenvalue weighted by Gasteiger charge is 2.16. The zero-order valence-electron chi connectivity index (χ0n) is 7.66. The van der Waals surface area contributed by atoms with Crippen LogP contribution in [0.1, 0.15) is 17.8 Å².